The quantitative estimate of drug-likeness (QED) is 0.643. The molecule has 0 aromatic heterocycles. The van der Waals surface area contributed by atoms with Gasteiger partial charge in [-0.15, -0.1) is 0 Å². The van der Waals surface area contributed by atoms with Crippen molar-refractivity contribution in [3.05, 3.63) is 35.9 Å². The van der Waals surface area contributed by atoms with E-state index in [0.29, 0.717) is 0 Å². The summed E-state index contributed by atoms with van der Waals surface area (Å²) in [6, 6.07) is 9.10. The molecule has 1 amide bonds. The highest BCUT2D eigenvalue weighted by Gasteiger charge is 2.28. The smallest absolute Gasteiger partial charge is 0.407 e. The highest BCUT2D eigenvalue weighted by molar-refractivity contribution is 5.70. The number of carboxylic acids is 2. The van der Waals surface area contributed by atoms with Gasteiger partial charge in [-0.1, -0.05) is 30.3 Å². The number of benzene rings is 1. The van der Waals surface area contributed by atoms with Crippen LogP contribution in [0.25, 0.3) is 0 Å². The molecule has 0 heterocycles. The first-order chi connectivity index (χ1) is 10.8. The Morgan fingerprint density at radius 3 is 2.04 bits per heavy atom. The fraction of sp³-hybridized carbons (Fsp3) is 0.438. The van der Waals surface area contributed by atoms with Gasteiger partial charge in [0.05, 0.1) is 0 Å². The zero-order valence-corrected chi connectivity index (χ0v) is 12.9. The lowest BCUT2D eigenvalue weighted by Crippen LogP contribution is -2.46. The number of aliphatic carboxylic acids is 2. The van der Waals surface area contributed by atoms with E-state index in [2.05, 4.69) is 5.32 Å². The van der Waals surface area contributed by atoms with Gasteiger partial charge in [0, 0.05) is 18.4 Å². The first kappa shape index (κ1) is 18.5. The minimum Gasteiger partial charge on any atom is -0.481 e. The number of hydrogen-bond donors (Lipinski definition) is 3. The summed E-state index contributed by atoms with van der Waals surface area (Å²) >= 11 is 0. The molecular formula is C16H21NO6. The average Bonchev–Trinajstić information content (AvgIpc) is 2.50. The highest BCUT2D eigenvalue weighted by atomic mass is 16.5. The lowest BCUT2D eigenvalue weighted by atomic mass is 9.90. The van der Waals surface area contributed by atoms with E-state index in [1.54, 1.807) is 19.1 Å². The Bertz CT molecular complexity index is 525. The van der Waals surface area contributed by atoms with Gasteiger partial charge in [-0.3, -0.25) is 9.59 Å². The normalized spacial score (nSPS) is 10.8. The molecule has 0 aliphatic carbocycles. The Hall–Kier alpha value is -2.57. The second-order valence-corrected chi connectivity index (χ2v) is 5.53. The first-order valence-corrected chi connectivity index (χ1v) is 7.23. The maximum Gasteiger partial charge on any atom is 0.407 e. The van der Waals surface area contributed by atoms with Crippen LogP contribution in [0.15, 0.2) is 30.3 Å². The summed E-state index contributed by atoms with van der Waals surface area (Å²) in [5.41, 5.74) is -0.134. The maximum absolute atomic E-state index is 11.9. The molecule has 0 radical (unpaired) electrons. The van der Waals surface area contributed by atoms with Crippen molar-refractivity contribution in [3.63, 3.8) is 0 Å². The maximum atomic E-state index is 11.9. The minimum absolute atomic E-state index is 0.0839. The van der Waals surface area contributed by atoms with Crippen LogP contribution in [0.1, 0.15) is 38.2 Å². The Labute approximate surface area is 134 Å². The fourth-order valence-corrected chi connectivity index (χ4v) is 2.02. The Balaban J connectivity index is 2.57. The number of alkyl carbamates (subject to hydrolysis) is 1. The largest absolute Gasteiger partial charge is 0.481 e. The van der Waals surface area contributed by atoms with E-state index in [4.69, 9.17) is 14.9 Å². The molecule has 3 N–H and O–H groups in total. The van der Waals surface area contributed by atoms with E-state index in [-0.39, 0.29) is 32.3 Å². The lowest BCUT2D eigenvalue weighted by molar-refractivity contribution is -0.137. The van der Waals surface area contributed by atoms with Crippen LogP contribution in [0.5, 0.6) is 0 Å². The molecule has 1 rings (SSSR count). The van der Waals surface area contributed by atoms with Gasteiger partial charge in [0.1, 0.15) is 6.61 Å². The molecule has 0 aliphatic rings. The van der Waals surface area contributed by atoms with Crippen molar-refractivity contribution in [3.8, 4) is 0 Å². The number of carbonyl (C=O) groups is 3. The lowest BCUT2D eigenvalue weighted by Gasteiger charge is -2.29. The van der Waals surface area contributed by atoms with Gasteiger partial charge >= 0.3 is 18.0 Å². The number of ether oxygens (including phenoxy) is 1. The van der Waals surface area contributed by atoms with Gasteiger partial charge in [-0.25, -0.2) is 4.79 Å². The summed E-state index contributed by atoms with van der Waals surface area (Å²) in [6.45, 7) is 1.70. The van der Waals surface area contributed by atoms with Gasteiger partial charge < -0.3 is 20.3 Å². The second-order valence-electron chi connectivity index (χ2n) is 5.53. The molecule has 0 saturated carbocycles. The number of carbonyl (C=O) groups excluding carboxylic acids is 1. The predicted octanol–water partition coefficient (Wildman–Crippen LogP) is 2.40. The van der Waals surface area contributed by atoms with Crippen molar-refractivity contribution in [2.24, 2.45) is 0 Å². The summed E-state index contributed by atoms with van der Waals surface area (Å²) < 4.78 is 5.09. The molecule has 0 fully saturated rings. The monoisotopic (exact) mass is 323 g/mol. The fourth-order valence-electron chi connectivity index (χ4n) is 2.02. The molecule has 1 aromatic rings. The van der Waals surface area contributed by atoms with Crippen LogP contribution in [0.4, 0.5) is 4.79 Å². The summed E-state index contributed by atoms with van der Waals surface area (Å²) in [5, 5.41) is 20.1. The molecule has 126 valence electrons. The van der Waals surface area contributed by atoms with E-state index >= 15 is 0 Å². The van der Waals surface area contributed by atoms with Gasteiger partial charge in [0.15, 0.2) is 0 Å². The summed E-state index contributed by atoms with van der Waals surface area (Å²) in [5.74, 6) is -2.02. The van der Waals surface area contributed by atoms with E-state index in [9.17, 15) is 14.4 Å². The molecule has 7 nitrogen and oxygen atoms in total. The predicted molar refractivity (Wildman–Crippen MR) is 81.9 cm³/mol. The number of amides is 1. The molecule has 0 aliphatic heterocycles. The van der Waals surface area contributed by atoms with Gasteiger partial charge in [-0.05, 0) is 25.3 Å². The first-order valence-electron chi connectivity index (χ1n) is 7.23. The molecule has 0 saturated heterocycles. The summed E-state index contributed by atoms with van der Waals surface area (Å²) in [6.07, 6.45) is -0.803. The SMILES string of the molecule is CC(CCC(=O)O)(CCC(=O)O)NC(=O)OCc1ccccc1. The van der Waals surface area contributed by atoms with Crippen LogP contribution in [0, 0.1) is 0 Å². The zero-order valence-electron chi connectivity index (χ0n) is 12.9. The van der Waals surface area contributed by atoms with Gasteiger partial charge in [0.2, 0.25) is 0 Å². The molecule has 0 unspecified atom stereocenters. The highest BCUT2D eigenvalue weighted by Crippen LogP contribution is 2.20. The average molecular weight is 323 g/mol. The van der Waals surface area contributed by atoms with Crippen molar-refractivity contribution in [1.29, 1.82) is 0 Å². The molecule has 23 heavy (non-hydrogen) atoms. The molecule has 7 heteroatoms. The van der Waals surface area contributed by atoms with Crippen LogP contribution in [-0.4, -0.2) is 33.8 Å². The third-order valence-electron chi connectivity index (χ3n) is 3.40. The molecule has 1 aromatic carbocycles. The Kier molecular flexibility index (Phi) is 7.05. The second kappa shape index (κ2) is 8.77. The Morgan fingerprint density at radius 1 is 1.04 bits per heavy atom. The van der Waals surface area contributed by atoms with Gasteiger partial charge in [0.25, 0.3) is 0 Å². The summed E-state index contributed by atoms with van der Waals surface area (Å²) in [7, 11) is 0. The molecule has 0 bridgehead atoms. The van der Waals surface area contributed by atoms with Crippen molar-refractivity contribution in [1.82, 2.24) is 5.32 Å². The standard InChI is InChI=1S/C16H21NO6/c1-16(9-7-13(18)19,10-8-14(20)21)17-15(22)23-11-12-5-3-2-4-6-12/h2-6H,7-11H2,1H3,(H,17,22)(H,18,19)(H,20,21). The van der Waals surface area contributed by atoms with Crippen LogP contribution < -0.4 is 5.32 Å². The van der Waals surface area contributed by atoms with Crippen molar-refractivity contribution in [2.75, 3.05) is 0 Å². The van der Waals surface area contributed by atoms with E-state index < -0.39 is 23.6 Å². The third-order valence-corrected chi connectivity index (χ3v) is 3.40. The van der Waals surface area contributed by atoms with Crippen LogP contribution in [0.3, 0.4) is 0 Å². The molecular weight excluding hydrogens is 302 g/mol. The third kappa shape index (κ3) is 7.85. The summed E-state index contributed by atoms with van der Waals surface area (Å²) in [4.78, 5) is 33.3. The Morgan fingerprint density at radius 2 is 1.57 bits per heavy atom. The van der Waals surface area contributed by atoms with Gasteiger partial charge in [-0.2, -0.15) is 0 Å². The van der Waals surface area contributed by atoms with Crippen LogP contribution >= 0.6 is 0 Å². The van der Waals surface area contributed by atoms with E-state index in [0.717, 1.165) is 5.56 Å². The topological polar surface area (TPSA) is 113 Å². The molecule has 0 spiro atoms. The number of hydrogen-bond acceptors (Lipinski definition) is 4. The zero-order chi connectivity index (χ0) is 17.3. The van der Waals surface area contributed by atoms with E-state index in [1.807, 2.05) is 18.2 Å². The van der Waals surface area contributed by atoms with E-state index in [1.165, 1.54) is 0 Å². The van der Waals surface area contributed by atoms with Crippen molar-refractivity contribution >= 4 is 18.0 Å². The number of nitrogens with one attached hydrogen (secondary N) is 1. The van der Waals surface area contributed by atoms with Crippen molar-refractivity contribution in [2.45, 2.75) is 44.8 Å². The van der Waals surface area contributed by atoms with Crippen LogP contribution in [-0.2, 0) is 20.9 Å². The number of rotatable bonds is 9. The molecule has 0 atom stereocenters. The number of carboxylic acid groups (broad SMARTS) is 2. The van der Waals surface area contributed by atoms with Crippen LogP contribution in [0.2, 0.25) is 0 Å². The minimum atomic E-state index is -1.01. The van der Waals surface area contributed by atoms with Crippen molar-refractivity contribution < 1.29 is 29.3 Å².